The van der Waals surface area contributed by atoms with Gasteiger partial charge in [0.05, 0.1) is 36.4 Å². The van der Waals surface area contributed by atoms with Crippen molar-refractivity contribution in [2.75, 3.05) is 18.1 Å². The van der Waals surface area contributed by atoms with Gasteiger partial charge in [-0.15, -0.1) is 0 Å². The van der Waals surface area contributed by atoms with Crippen LogP contribution < -0.4 is 9.64 Å². The van der Waals surface area contributed by atoms with Gasteiger partial charge < -0.3 is 14.4 Å². The maximum Gasteiger partial charge on any atom is 0.416 e. The number of para-hydroxylation sites is 1. The monoisotopic (exact) mass is 474 g/mol. The predicted molar refractivity (Wildman–Crippen MR) is 113 cm³/mol. The molecular weight excluding hydrogens is 453 g/mol. The van der Waals surface area contributed by atoms with Crippen LogP contribution >= 0.6 is 0 Å². The number of ether oxygens (including phenoxy) is 2. The topological polar surface area (TPSA) is 76.2 Å². The highest BCUT2D eigenvalue weighted by molar-refractivity contribution is 6.24. The van der Waals surface area contributed by atoms with Crippen molar-refractivity contribution in [2.45, 2.75) is 31.6 Å². The van der Waals surface area contributed by atoms with Gasteiger partial charge in [0.15, 0.2) is 0 Å². The number of fused-ring (bicyclic) bond motifs is 5. The Morgan fingerprint density at radius 1 is 1.15 bits per heavy atom. The molecule has 2 aromatic carbocycles. The lowest BCUT2D eigenvalue weighted by Gasteiger charge is -2.34. The molecule has 3 aliphatic rings. The maximum absolute atomic E-state index is 13.8. The minimum absolute atomic E-state index is 0.00173. The molecule has 0 aromatic heterocycles. The number of carbonyl (C=O) groups excluding carboxylic acids is 3. The lowest BCUT2D eigenvalue weighted by molar-refractivity contribution is -0.154. The second kappa shape index (κ2) is 7.48. The molecule has 0 unspecified atom stereocenters. The van der Waals surface area contributed by atoms with Crippen molar-refractivity contribution in [2.24, 2.45) is 11.8 Å². The van der Waals surface area contributed by atoms with Crippen molar-refractivity contribution in [3.63, 3.8) is 0 Å². The molecular formula is C24H21F3N2O5. The van der Waals surface area contributed by atoms with Gasteiger partial charge in [-0.2, -0.15) is 13.2 Å². The number of hydrogen-bond donors (Lipinski definition) is 0. The Kier molecular flexibility index (Phi) is 4.89. The number of amides is 3. The van der Waals surface area contributed by atoms with Gasteiger partial charge in [0.25, 0.3) is 5.91 Å². The molecule has 0 bridgehead atoms. The minimum Gasteiger partial charge on any atom is -0.493 e. The first kappa shape index (κ1) is 22.2. The molecule has 178 valence electrons. The number of rotatable bonds is 3. The number of esters is 1. The van der Waals surface area contributed by atoms with Crippen LogP contribution in [0.3, 0.4) is 0 Å². The highest BCUT2D eigenvalue weighted by atomic mass is 19.4. The van der Waals surface area contributed by atoms with Crippen LogP contribution in [0, 0.1) is 11.8 Å². The Morgan fingerprint density at radius 2 is 1.82 bits per heavy atom. The largest absolute Gasteiger partial charge is 0.493 e. The van der Waals surface area contributed by atoms with Crippen LogP contribution in [0.25, 0.3) is 0 Å². The standard InChI is InChI=1S/C24H21F3N2O5/c1-3-33-20(30)18-16-12-34-17-7-5-4-6-15(17)19(16)29-22(32)28(21(31)23(18,29)2)14-10-8-13(9-11-14)24(25,26)27/h4-11,16,18-19H,3,12H2,1-2H3/t16-,18+,19+,23+/m1/s1. The third-order valence-electron chi connectivity index (χ3n) is 6.91. The minimum atomic E-state index is -4.56. The van der Waals surface area contributed by atoms with E-state index in [-0.39, 0.29) is 18.9 Å². The summed E-state index contributed by atoms with van der Waals surface area (Å²) in [4.78, 5) is 42.8. The zero-order valence-electron chi connectivity index (χ0n) is 18.3. The Morgan fingerprint density at radius 3 is 2.47 bits per heavy atom. The van der Waals surface area contributed by atoms with Gasteiger partial charge >= 0.3 is 18.2 Å². The molecule has 2 aromatic rings. The fourth-order valence-corrected chi connectivity index (χ4v) is 5.47. The number of urea groups is 1. The first-order valence-electron chi connectivity index (χ1n) is 10.8. The van der Waals surface area contributed by atoms with Crippen LogP contribution in [0.4, 0.5) is 23.7 Å². The fraction of sp³-hybridized carbons (Fsp3) is 0.375. The molecule has 0 aliphatic carbocycles. The number of carbonyl (C=O) groups is 3. The van der Waals surface area contributed by atoms with Crippen LogP contribution in [0.2, 0.25) is 0 Å². The van der Waals surface area contributed by atoms with E-state index in [0.717, 1.165) is 29.2 Å². The van der Waals surface area contributed by atoms with Crippen molar-refractivity contribution in [1.29, 1.82) is 0 Å². The van der Waals surface area contributed by atoms with E-state index in [1.807, 2.05) is 0 Å². The molecule has 2 saturated heterocycles. The molecule has 0 N–H and O–H groups in total. The molecule has 3 heterocycles. The van der Waals surface area contributed by atoms with Gasteiger partial charge in [-0.3, -0.25) is 9.59 Å². The van der Waals surface area contributed by atoms with Crippen molar-refractivity contribution in [3.8, 4) is 5.75 Å². The summed E-state index contributed by atoms with van der Waals surface area (Å²) in [6.45, 7) is 3.36. The normalized spacial score (nSPS) is 27.7. The van der Waals surface area contributed by atoms with Crippen LogP contribution in [0.5, 0.6) is 5.75 Å². The van der Waals surface area contributed by atoms with E-state index in [9.17, 15) is 27.6 Å². The van der Waals surface area contributed by atoms with Crippen LogP contribution in [0.1, 0.15) is 31.0 Å². The average Bonchev–Trinajstić information content (AvgIpc) is 3.18. The number of alkyl halides is 3. The third-order valence-corrected chi connectivity index (χ3v) is 6.91. The van der Waals surface area contributed by atoms with Crippen LogP contribution in [-0.2, 0) is 20.5 Å². The Bertz CT molecular complexity index is 1180. The van der Waals surface area contributed by atoms with E-state index < -0.39 is 53.1 Å². The number of hydrogen-bond acceptors (Lipinski definition) is 5. The van der Waals surface area contributed by atoms with Crippen molar-refractivity contribution >= 4 is 23.6 Å². The summed E-state index contributed by atoms with van der Waals surface area (Å²) in [5, 5.41) is 0. The molecule has 4 atom stereocenters. The number of anilines is 1. The maximum atomic E-state index is 13.8. The van der Waals surface area contributed by atoms with Crippen LogP contribution in [-0.4, -0.2) is 41.6 Å². The lowest BCUT2D eigenvalue weighted by Crippen LogP contribution is -2.51. The fourth-order valence-electron chi connectivity index (χ4n) is 5.47. The summed E-state index contributed by atoms with van der Waals surface area (Å²) in [5.74, 6) is -2.31. The third kappa shape index (κ3) is 2.93. The van der Waals surface area contributed by atoms with Crippen LogP contribution in [0.15, 0.2) is 48.5 Å². The van der Waals surface area contributed by atoms with E-state index in [0.29, 0.717) is 11.3 Å². The lowest BCUT2D eigenvalue weighted by atomic mass is 9.77. The smallest absolute Gasteiger partial charge is 0.416 e. The molecule has 3 amide bonds. The summed E-state index contributed by atoms with van der Waals surface area (Å²) < 4.78 is 50.2. The molecule has 3 aliphatic heterocycles. The molecule has 0 saturated carbocycles. The van der Waals surface area contributed by atoms with E-state index >= 15 is 0 Å². The summed E-state index contributed by atoms with van der Waals surface area (Å²) in [6.07, 6.45) is -4.56. The number of halogens is 3. The van der Waals surface area contributed by atoms with E-state index in [4.69, 9.17) is 9.47 Å². The highest BCUT2D eigenvalue weighted by Gasteiger charge is 2.72. The zero-order chi connectivity index (χ0) is 24.4. The molecule has 7 nitrogen and oxygen atoms in total. The molecule has 10 heteroatoms. The molecule has 2 fully saturated rings. The number of imide groups is 1. The molecule has 5 rings (SSSR count). The SMILES string of the molecule is CCOC(=O)[C@@H]1[C@H]2COc3ccccc3[C@@H]2N2C(=O)N(c3ccc(C(F)(F)F)cc3)C(=O)[C@]12C. The predicted octanol–water partition coefficient (Wildman–Crippen LogP) is 4.18. The summed E-state index contributed by atoms with van der Waals surface area (Å²) in [7, 11) is 0. The van der Waals surface area contributed by atoms with Gasteiger partial charge in [0, 0.05) is 11.5 Å². The number of benzene rings is 2. The van der Waals surface area contributed by atoms with E-state index in [2.05, 4.69) is 0 Å². The van der Waals surface area contributed by atoms with Crippen molar-refractivity contribution in [3.05, 3.63) is 59.7 Å². The summed E-state index contributed by atoms with van der Waals surface area (Å²) in [6, 6.07) is 9.53. The van der Waals surface area contributed by atoms with Gasteiger partial charge in [-0.1, -0.05) is 18.2 Å². The van der Waals surface area contributed by atoms with Gasteiger partial charge in [0.2, 0.25) is 0 Å². The zero-order valence-corrected chi connectivity index (χ0v) is 18.3. The average molecular weight is 474 g/mol. The molecule has 34 heavy (non-hydrogen) atoms. The summed E-state index contributed by atoms with van der Waals surface area (Å²) >= 11 is 0. The second-order valence-corrected chi connectivity index (χ2v) is 8.67. The summed E-state index contributed by atoms with van der Waals surface area (Å²) in [5.41, 5.74) is -1.84. The van der Waals surface area contributed by atoms with Crippen molar-refractivity contribution in [1.82, 2.24) is 4.90 Å². The van der Waals surface area contributed by atoms with Gasteiger partial charge in [-0.25, -0.2) is 9.69 Å². The molecule has 0 spiro atoms. The quantitative estimate of drug-likeness (QED) is 0.493. The first-order chi connectivity index (χ1) is 16.1. The van der Waals surface area contributed by atoms with Crippen molar-refractivity contribution < 1.29 is 37.0 Å². The van der Waals surface area contributed by atoms with E-state index in [1.54, 1.807) is 31.2 Å². The second-order valence-electron chi connectivity index (χ2n) is 8.67. The number of nitrogens with zero attached hydrogens (tertiary/aromatic N) is 2. The first-order valence-corrected chi connectivity index (χ1v) is 10.8. The Balaban J connectivity index is 1.63. The van der Waals surface area contributed by atoms with Gasteiger partial charge in [0.1, 0.15) is 11.3 Å². The Hall–Kier alpha value is -3.56. The molecule has 0 radical (unpaired) electrons. The Labute approximate surface area is 193 Å². The van der Waals surface area contributed by atoms with Gasteiger partial charge in [-0.05, 0) is 44.2 Å². The van der Waals surface area contributed by atoms with E-state index in [1.165, 1.54) is 11.8 Å². The highest BCUT2D eigenvalue weighted by Crippen LogP contribution is 2.58.